The zero-order valence-corrected chi connectivity index (χ0v) is 10.7. The number of rotatable bonds is 2. The molecule has 92 valence electrons. The summed E-state index contributed by atoms with van der Waals surface area (Å²) in [5, 5.41) is 8.61. The first-order valence-corrected chi connectivity index (χ1v) is 6.22. The minimum atomic E-state index is -0.253. The Morgan fingerprint density at radius 1 is 1.50 bits per heavy atom. The molecule has 0 unspecified atom stereocenters. The van der Waals surface area contributed by atoms with Crippen LogP contribution < -0.4 is 5.69 Å². The molecule has 0 bridgehead atoms. The van der Waals surface area contributed by atoms with E-state index in [2.05, 4.69) is 16.8 Å². The first-order chi connectivity index (χ1) is 8.69. The molecule has 18 heavy (non-hydrogen) atoms. The van der Waals surface area contributed by atoms with Gasteiger partial charge in [0.15, 0.2) is 0 Å². The maximum atomic E-state index is 11.6. The molecule has 0 aromatic carbocycles. The molecule has 0 aliphatic rings. The van der Waals surface area contributed by atoms with E-state index in [4.69, 9.17) is 5.11 Å². The summed E-state index contributed by atoms with van der Waals surface area (Å²) < 4.78 is 1.57. The maximum Gasteiger partial charge on any atom is 0.347 e. The fraction of sp³-hybridized carbons (Fsp3) is 0.231. The van der Waals surface area contributed by atoms with Crippen molar-refractivity contribution in [3.8, 4) is 11.8 Å². The molecule has 2 rings (SSSR count). The Bertz CT molecular complexity index is 661. The van der Waals surface area contributed by atoms with Crippen LogP contribution >= 0.6 is 11.3 Å². The molecule has 2 heterocycles. The number of aromatic nitrogens is 2. The van der Waals surface area contributed by atoms with E-state index >= 15 is 0 Å². The zero-order valence-electron chi connectivity index (χ0n) is 9.88. The standard InChI is InChI=1S/C13H12N2O2S/c1-10-7-14-13(17)15(8-10)9-12-5-4-11(18-12)3-2-6-16/h4-5,7-8,16H,6,9H2,1H3. The Morgan fingerprint density at radius 3 is 3.11 bits per heavy atom. The molecule has 0 aliphatic heterocycles. The topological polar surface area (TPSA) is 55.1 Å². The Labute approximate surface area is 109 Å². The lowest BCUT2D eigenvalue weighted by atomic mass is 10.4. The van der Waals surface area contributed by atoms with Crippen LogP contribution in [0.2, 0.25) is 0 Å². The number of hydrogen-bond acceptors (Lipinski definition) is 4. The third kappa shape index (κ3) is 3.06. The summed E-state index contributed by atoms with van der Waals surface area (Å²) in [4.78, 5) is 17.2. The lowest BCUT2D eigenvalue weighted by Crippen LogP contribution is -2.22. The highest BCUT2D eigenvalue weighted by Gasteiger charge is 2.02. The van der Waals surface area contributed by atoms with Crippen LogP contribution in [-0.2, 0) is 6.54 Å². The van der Waals surface area contributed by atoms with Crippen molar-refractivity contribution in [3.63, 3.8) is 0 Å². The van der Waals surface area contributed by atoms with Crippen LogP contribution in [0.4, 0.5) is 0 Å². The van der Waals surface area contributed by atoms with E-state index in [0.29, 0.717) is 6.54 Å². The van der Waals surface area contributed by atoms with E-state index in [1.165, 1.54) is 11.3 Å². The van der Waals surface area contributed by atoms with Gasteiger partial charge in [0.2, 0.25) is 0 Å². The average molecular weight is 260 g/mol. The molecular formula is C13H12N2O2S. The first-order valence-electron chi connectivity index (χ1n) is 5.40. The quantitative estimate of drug-likeness (QED) is 0.820. The van der Waals surface area contributed by atoms with Gasteiger partial charge in [-0.1, -0.05) is 11.8 Å². The van der Waals surface area contributed by atoms with Crippen molar-refractivity contribution in [2.24, 2.45) is 0 Å². The number of aliphatic hydroxyl groups is 1. The number of hydrogen-bond donors (Lipinski definition) is 1. The maximum absolute atomic E-state index is 11.6. The van der Waals surface area contributed by atoms with Gasteiger partial charge < -0.3 is 5.11 Å². The molecule has 2 aromatic heterocycles. The van der Waals surface area contributed by atoms with Gasteiger partial charge in [-0.3, -0.25) is 4.57 Å². The van der Waals surface area contributed by atoms with Gasteiger partial charge in [-0.2, -0.15) is 0 Å². The first kappa shape index (κ1) is 12.6. The van der Waals surface area contributed by atoms with Crippen LogP contribution in [0, 0.1) is 18.8 Å². The minimum Gasteiger partial charge on any atom is -0.384 e. The predicted molar refractivity (Wildman–Crippen MR) is 70.6 cm³/mol. The smallest absolute Gasteiger partial charge is 0.347 e. The molecule has 4 nitrogen and oxygen atoms in total. The Morgan fingerprint density at radius 2 is 2.33 bits per heavy atom. The third-order valence-corrected chi connectivity index (χ3v) is 3.25. The Kier molecular flexibility index (Phi) is 3.92. The van der Waals surface area contributed by atoms with Gasteiger partial charge >= 0.3 is 5.69 Å². The SMILES string of the molecule is Cc1cnc(=O)n(Cc2ccc(C#CCO)s2)c1. The van der Waals surface area contributed by atoms with Crippen molar-refractivity contribution in [1.29, 1.82) is 0 Å². The number of nitrogens with zero attached hydrogens (tertiary/aromatic N) is 2. The summed E-state index contributed by atoms with van der Waals surface area (Å²) in [5.41, 5.74) is 0.698. The lowest BCUT2D eigenvalue weighted by molar-refractivity contribution is 0.350. The highest BCUT2D eigenvalue weighted by Crippen LogP contribution is 2.16. The zero-order chi connectivity index (χ0) is 13.0. The molecule has 0 amide bonds. The molecule has 2 aromatic rings. The summed E-state index contributed by atoms with van der Waals surface area (Å²) in [6, 6.07) is 3.82. The van der Waals surface area contributed by atoms with Crippen LogP contribution in [0.3, 0.4) is 0 Å². The average Bonchev–Trinajstić information content (AvgIpc) is 2.79. The molecule has 1 N–H and O–H groups in total. The second-order valence-electron chi connectivity index (χ2n) is 3.77. The summed E-state index contributed by atoms with van der Waals surface area (Å²) in [6.45, 7) is 2.25. The van der Waals surface area contributed by atoms with Crippen LogP contribution in [0.1, 0.15) is 15.3 Å². The van der Waals surface area contributed by atoms with Crippen LogP contribution in [0.15, 0.2) is 29.3 Å². The Hall–Kier alpha value is -1.90. The molecule has 5 heteroatoms. The van der Waals surface area contributed by atoms with Crippen LogP contribution in [0.5, 0.6) is 0 Å². The molecule has 0 saturated carbocycles. The van der Waals surface area contributed by atoms with Gasteiger partial charge in [0, 0.05) is 17.3 Å². The summed E-state index contributed by atoms with van der Waals surface area (Å²) in [5.74, 6) is 5.44. The fourth-order valence-electron chi connectivity index (χ4n) is 1.50. The van der Waals surface area contributed by atoms with Crippen molar-refractivity contribution in [2.75, 3.05) is 6.61 Å². The Balaban J connectivity index is 2.21. The summed E-state index contributed by atoms with van der Waals surface area (Å²) in [6.07, 6.45) is 3.35. The number of aliphatic hydroxyl groups excluding tert-OH is 1. The van der Waals surface area contributed by atoms with Gasteiger partial charge in [0.25, 0.3) is 0 Å². The second kappa shape index (κ2) is 5.63. The molecule has 0 saturated heterocycles. The fourth-order valence-corrected chi connectivity index (χ4v) is 2.38. The van der Waals surface area contributed by atoms with Crippen LogP contribution in [-0.4, -0.2) is 21.3 Å². The normalized spacial score (nSPS) is 9.89. The van der Waals surface area contributed by atoms with E-state index < -0.39 is 0 Å². The minimum absolute atomic E-state index is 0.144. The molecule has 0 fully saturated rings. The third-order valence-electron chi connectivity index (χ3n) is 2.26. The van der Waals surface area contributed by atoms with Gasteiger partial charge in [0.05, 0.1) is 11.4 Å². The van der Waals surface area contributed by atoms with Crippen molar-refractivity contribution >= 4 is 11.3 Å². The highest BCUT2D eigenvalue weighted by atomic mass is 32.1. The van der Waals surface area contributed by atoms with E-state index in [1.54, 1.807) is 17.0 Å². The van der Waals surface area contributed by atoms with E-state index in [-0.39, 0.29) is 12.3 Å². The largest absolute Gasteiger partial charge is 0.384 e. The number of thiophene rings is 1. The van der Waals surface area contributed by atoms with Crippen molar-refractivity contribution in [3.05, 3.63) is 50.3 Å². The molecule has 0 atom stereocenters. The molecule has 0 spiro atoms. The van der Waals surface area contributed by atoms with Gasteiger partial charge in [-0.25, -0.2) is 9.78 Å². The molecule has 0 aliphatic carbocycles. The second-order valence-corrected chi connectivity index (χ2v) is 4.94. The van der Waals surface area contributed by atoms with Crippen molar-refractivity contribution in [1.82, 2.24) is 9.55 Å². The van der Waals surface area contributed by atoms with Crippen molar-refractivity contribution < 1.29 is 5.11 Å². The molecular weight excluding hydrogens is 248 g/mol. The predicted octanol–water partition coefficient (Wildman–Crippen LogP) is 1.01. The van der Waals surface area contributed by atoms with Gasteiger partial charge in [-0.15, -0.1) is 11.3 Å². The highest BCUT2D eigenvalue weighted by molar-refractivity contribution is 7.12. The van der Waals surface area contributed by atoms with E-state index in [9.17, 15) is 4.79 Å². The van der Waals surface area contributed by atoms with E-state index in [1.807, 2.05) is 19.1 Å². The van der Waals surface area contributed by atoms with Crippen LogP contribution in [0.25, 0.3) is 0 Å². The lowest BCUT2D eigenvalue weighted by Gasteiger charge is -2.02. The number of aryl methyl sites for hydroxylation is 1. The monoisotopic (exact) mass is 260 g/mol. The molecule has 0 radical (unpaired) electrons. The van der Waals surface area contributed by atoms with Crippen molar-refractivity contribution in [2.45, 2.75) is 13.5 Å². The van der Waals surface area contributed by atoms with Gasteiger partial charge in [0.1, 0.15) is 6.61 Å². The summed E-state index contributed by atoms with van der Waals surface area (Å²) in [7, 11) is 0. The summed E-state index contributed by atoms with van der Waals surface area (Å²) >= 11 is 1.51. The van der Waals surface area contributed by atoms with Gasteiger partial charge in [-0.05, 0) is 24.6 Å². The van der Waals surface area contributed by atoms with E-state index in [0.717, 1.165) is 15.3 Å².